The fraction of sp³-hybridized carbons (Fsp3) is 0.136. The zero-order valence-electron chi connectivity index (χ0n) is 16.3. The molecule has 0 aliphatic carbocycles. The first-order valence-corrected chi connectivity index (χ1v) is 11.9. The van der Waals surface area contributed by atoms with E-state index in [2.05, 4.69) is 4.72 Å². The first kappa shape index (κ1) is 20.7. The highest BCUT2D eigenvalue weighted by atomic mass is 35.5. The molecule has 0 radical (unpaired) electrons. The molecule has 0 saturated carbocycles. The largest absolute Gasteiger partial charge is 0.308 e. The van der Waals surface area contributed by atoms with E-state index in [1.54, 1.807) is 22.8 Å². The molecule has 0 atom stereocenters. The summed E-state index contributed by atoms with van der Waals surface area (Å²) in [6.07, 6.45) is 0. The van der Waals surface area contributed by atoms with Crippen LogP contribution in [0.1, 0.15) is 16.7 Å². The Kier molecular flexibility index (Phi) is 5.44. The van der Waals surface area contributed by atoms with Gasteiger partial charge in [-0.15, -0.1) is 0 Å². The first-order chi connectivity index (χ1) is 14.2. The van der Waals surface area contributed by atoms with Crippen molar-refractivity contribution in [3.63, 3.8) is 0 Å². The molecular weight excluding hydrogens is 440 g/mol. The van der Waals surface area contributed by atoms with Gasteiger partial charge >= 0.3 is 4.87 Å². The molecule has 4 rings (SSSR count). The smallest absolute Gasteiger partial charge is 0.294 e. The minimum atomic E-state index is -3.79. The summed E-state index contributed by atoms with van der Waals surface area (Å²) < 4.78 is 30.7. The maximum absolute atomic E-state index is 12.9. The monoisotopic (exact) mass is 458 g/mol. The number of nitrogens with one attached hydrogen (secondary N) is 1. The van der Waals surface area contributed by atoms with Gasteiger partial charge in [0.1, 0.15) is 0 Å². The number of rotatable bonds is 5. The lowest BCUT2D eigenvalue weighted by Crippen LogP contribution is -2.14. The van der Waals surface area contributed by atoms with Crippen molar-refractivity contribution in [3.05, 3.63) is 92.0 Å². The lowest BCUT2D eigenvalue weighted by molar-refractivity contribution is 0.601. The summed E-state index contributed by atoms with van der Waals surface area (Å²) in [5, 5.41) is 0.584. The third kappa shape index (κ3) is 4.01. The van der Waals surface area contributed by atoms with Gasteiger partial charge in [0.2, 0.25) is 0 Å². The number of aromatic nitrogens is 1. The third-order valence-electron chi connectivity index (χ3n) is 4.86. The molecule has 4 aromatic rings. The summed E-state index contributed by atoms with van der Waals surface area (Å²) in [7, 11) is -3.79. The van der Waals surface area contributed by atoms with Gasteiger partial charge in [-0.05, 0) is 55.3 Å². The normalized spacial score (nSPS) is 11.7. The number of benzene rings is 3. The fourth-order valence-corrected chi connectivity index (χ4v) is 5.65. The predicted octanol–water partition coefficient (Wildman–Crippen LogP) is 5.18. The molecule has 3 aromatic carbocycles. The molecule has 5 nitrogen and oxygen atoms in total. The first-order valence-electron chi connectivity index (χ1n) is 9.21. The van der Waals surface area contributed by atoms with Gasteiger partial charge in [-0.2, -0.15) is 0 Å². The van der Waals surface area contributed by atoms with Gasteiger partial charge in [0.15, 0.2) is 0 Å². The number of halogens is 1. The Morgan fingerprint density at radius 3 is 2.53 bits per heavy atom. The molecule has 0 saturated heterocycles. The molecular formula is C22H19ClN2O3S2. The van der Waals surface area contributed by atoms with Crippen molar-refractivity contribution >= 4 is 48.9 Å². The quantitative estimate of drug-likeness (QED) is 0.448. The van der Waals surface area contributed by atoms with Crippen LogP contribution in [0.3, 0.4) is 0 Å². The summed E-state index contributed by atoms with van der Waals surface area (Å²) in [5.74, 6) is 0. The number of anilines is 1. The van der Waals surface area contributed by atoms with Crippen molar-refractivity contribution < 1.29 is 8.42 Å². The summed E-state index contributed by atoms with van der Waals surface area (Å²) >= 11 is 7.25. The highest BCUT2D eigenvalue weighted by molar-refractivity contribution is 7.92. The van der Waals surface area contributed by atoms with E-state index < -0.39 is 10.0 Å². The van der Waals surface area contributed by atoms with Crippen molar-refractivity contribution in [1.29, 1.82) is 0 Å². The summed E-state index contributed by atoms with van der Waals surface area (Å²) in [6.45, 7) is 4.13. The maximum Gasteiger partial charge on any atom is 0.308 e. The van der Waals surface area contributed by atoms with Gasteiger partial charge in [-0.25, -0.2) is 8.42 Å². The molecule has 1 heterocycles. The topological polar surface area (TPSA) is 68.2 Å². The van der Waals surface area contributed by atoms with Crippen LogP contribution in [-0.2, 0) is 16.6 Å². The second-order valence-corrected chi connectivity index (χ2v) is 10.2. The summed E-state index contributed by atoms with van der Waals surface area (Å²) in [5.41, 5.74) is 3.94. The molecule has 0 amide bonds. The number of sulfonamides is 1. The van der Waals surface area contributed by atoms with E-state index in [1.807, 2.05) is 44.2 Å². The van der Waals surface area contributed by atoms with Crippen molar-refractivity contribution in [2.45, 2.75) is 25.3 Å². The van der Waals surface area contributed by atoms with Crippen LogP contribution in [0.4, 0.5) is 5.69 Å². The SMILES string of the molecule is Cc1ccc(NS(=O)(=O)c2ccc3c(c2)sc(=O)n3Cc2ccccc2Cl)c(C)c1. The van der Waals surface area contributed by atoms with E-state index in [0.29, 0.717) is 27.5 Å². The van der Waals surface area contributed by atoms with Gasteiger partial charge in [0.05, 0.1) is 27.3 Å². The van der Waals surface area contributed by atoms with Crippen LogP contribution in [-0.4, -0.2) is 13.0 Å². The molecule has 1 N–H and O–H groups in total. The minimum Gasteiger partial charge on any atom is -0.294 e. The zero-order valence-corrected chi connectivity index (χ0v) is 18.7. The summed E-state index contributed by atoms with van der Waals surface area (Å²) in [4.78, 5) is 12.5. The lowest BCUT2D eigenvalue weighted by Gasteiger charge is -2.11. The standard InChI is InChI=1S/C22H19ClN2O3S2/c1-14-7-9-19(15(2)11-14)24-30(27,28)17-8-10-20-21(12-17)29-22(26)25(20)13-16-5-3-4-6-18(16)23/h3-12,24H,13H2,1-2H3. The Labute approximate surface area is 183 Å². The zero-order chi connectivity index (χ0) is 21.5. The molecule has 0 spiro atoms. The number of fused-ring (bicyclic) bond motifs is 1. The fourth-order valence-electron chi connectivity index (χ4n) is 3.29. The Morgan fingerprint density at radius 1 is 1.03 bits per heavy atom. The van der Waals surface area contributed by atoms with Gasteiger partial charge in [0, 0.05) is 5.02 Å². The van der Waals surface area contributed by atoms with Crippen LogP contribution in [0.5, 0.6) is 0 Å². The Morgan fingerprint density at radius 2 is 1.80 bits per heavy atom. The number of aryl methyl sites for hydroxylation is 2. The molecule has 30 heavy (non-hydrogen) atoms. The molecule has 8 heteroatoms. The van der Waals surface area contributed by atoms with Crippen molar-refractivity contribution in [1.82, 2.24) is 4.57 Å². The maximum atomic E-state index is 12.9. The Hall–Kier alpha value is -2.61. The average molecular weight is 459 g/mol. The second-order valence-electron chi connectivity index (χ2n) is 7.10. The van der Waals surface area contributed by atoms with Crippen molar-refractivity contribution in [2.24, 2.45) is 0 Å². The molecule has 154 valence electrons. The van der Waals surface area contributed by atoms with Crippen LogP contribution in [0.2, 0.25) is 5.02 Å². The molecule has 0 unspecified atom stereocenters. The number of hydrogen-bond donors (Lipinski definition) is 1. The minimum absolute atomic E-state index is 0.112. The number of hydrogen-bond acceptors (Lipinski definition) is 4. The Bertz CT molecular complexity index is 1420. The van der Waals surface area contributed by atoms with Gasteiger partial charge < -0.3 is 0 Å². The molecule has 0 bridgehead atoms. The molecule has 0 fully saturated rings. The van der Waals surface area contributed by atoms with Crippen LogP contribution >= 0.6 is 22.9 Å². The van der Waals surface area contributed by atoms with E-state index >= 15 is 0 Å². The van der Waals surface area contributed by atoms with E-state index in [0.717, 1.165) is 28.0 Å². The van der Waals surface area contributed by atoms with Crippen molar-refractivity contribution in [2.75, 3.05) is 4.72 Å². The predicted molar refractivity (Wildman–Crippen MR) is 123 cm³/mol. The van der Waals surface area contributed by atoms with Crippen LogP contribution in [0, 0.1) is 13.8 Å². The van der Waals surface area contributed by atoms with E-state index in [1.165, 1.54) is 12.1 Å². The van der Waals surface area contributed by atoms with E-state index in [9.17, 15) is 13.2 Å². The second kappa shape index (κ2) is 7.91. The van der Waals surface area contributed by atoms with E-state index in [4.69, 9.17) is 11.6 Å². The van der Waals surface area contributed by atoms with Gasteiger partial charge in [-0.3, -0.25) is 14.1 Å². The third-order valence-corrected chi connectivity index (χ3v) is 7.54. The molecule has 1 aromatic heterocycles. The lowest BCUT2D eigenvalue weighted by atomic mass is 10.1. The van der Waals surface area contributed by atoms with Gasteiger partial charge in [0.25, 0.3) is 10.0 Å². The highest BCUT2D eigenvalue weighted by Crippen LogP contribution is 2.26. The van der Waals surface area contributed by atoms with Crippen molar-refractivity contribution in [3.8, 4) is 0 Å². The Balaban J connectivity index is 1.70. The summed E-state index contributed by atoms with van der Waals surface area (Å²) in [6, 6.07) is 17.6. The number of thiazole rings is 1. The number of nitrogens with zero attached hydrogens (tertiary/aromatic N) is 1. The molecule has 0 aliphatic rings. The highest BCUT2D eigenvalue weighted by Gasteiger charge is 2.18. The van der Waals surface area contributed by atoms with Crippen LogP contribution < -0.4 is 9.60 Å². The van der Waals surface area contributed by atoms with E-state index in [-0.39, 0.29) is 9.77 Å². The van der Waals surface area contributed by atoms with Crippen LogP contribution in [0.15, 0.2) is 70.4 Å². The molecule has 0 aliphatic heterocycles. The van der Waals surface area contributed by atoms with Gasteiger partial charge in [-0.1, -0.05) is 58.8 Å². The average Bonchev–Trinajstić information content (AvgIpc) is 3.00. The van der Waals surface area contributed by atoms with Crippen LogP contribution in [0.25, 0.3) is 10.2 Å².